The van der Waals surface area contributed by atoms with Crippen molar-refractivity contribution in [2.75, 3.05) is 5.32 Å². The number of para-hydroxylation sites is 1. The van der Waals surface area contributed by atoms with E-state index in [-0.39, 0.29) is 35.1 Å². The molecule has 1 amide bonds. The summed E-state index contributed by atoms with van der Waals surface area (Å²) in [6, 6.07) is 30.7. The van der Waals surface area contributed by atoms with Crippen molar-refractivity contribution in [3.05, 3.63) is 130 Å². The van der Waals surface area contributed by atoms with Crippen molar-refractivity contribution in [2.45, 2.75) is 70.9 Å². The number of carbonyl (C=O) groups excluding carboxylic acids is 2. The minimum atomic E-state index is -2.25. The summed E-state index contributed by atoms with van der Waals surface area (Å²) in [7, 11) is -2.25. The molecule has 0 bridgehead atoms. The van der Waals surface area contributed by atoms with E-state index in [9.17, 15) is 14.0 Å². The van der Waals surface area contributed by atoms with E-state index in [2.05, 4.69) is 55.1 Å². The van der Waals surface area contributed by atoms with Gasteiger partial charge in [-0.1, -0.05) is 97.4 Å². The molecule has 0 fully saturated rings. The summed E-state index contributed by atoms with van der Waals surface area (Å²) in [4.78, 5) is 27.7. The van der Waals surface area contributed by atoms with Gasteiger partial charge in [-0.2, -0.15) is 0 Å². The maximum atomic E-state index is 14.4. The van der Waals surface area contributed by atoms with E-state index < -0.39 is 14.2 Å². The van der Waals surface area contributed by atoms with Crippen LogP contribution in [0.15, 0.2) is 108 Å². The highest BCUT2D eigenvalue weighted by atomic mass is 79.9. The van der Waals surface area contributed by atoms with E-state index in [0.29, 0.717) is 36.4 Å². The van der Waals surface area contributed by atoms with Crippen LogP contribution in [0, 0.1) is 11.7 Å². The molecule has 2 unspecified atom stereocenters. The van der Waals surface area contributed by atoms with Gasteiger partial charge >= 0.3 is 0 Å². The molecule has 0 spiro atoms. The Bertz CT molecular complexity index is 1590. The number of rotatable bonds is 14. The number of amides is 1. The van der Waals surface area contributed by atoms with E-state index >= 15 is 0 Å². The van der Waals surface area contributed by atoms with E-state index in [1.54, 1.807) is 24.3 Å². The molecule has 0 saturated carbocycles. The zero-order valence-corrected chi connectivity index (χ0v) is 29.8. The number of hydrogen-bond donors (Lipinski definition) is 1. The van der Waals surface area contributed by atoms with Crippen LogP contribution in [-0.4, -0.2) is 20.0 Å². The van der Waals surface area contributed by atoms with Gasteiger partial charge in [0.15, 0.2) is 14.1 Å². The summed E-state index contributed by atoms with van der Waals surface area (Å²) < 4.78 is 27.7. The number of benzene rings is 4. The van der Waals surface area contributed by atoms with Gasteiger partial charge in [0, 0.05) is 22.5 Å². The van der Waals surface area contributed by atoms with Crippen molar-refractivity contribution in [3.63, 3.8) is 0 Å². The molecular formula is C38H43BrFNO4Si. The highest BCUT2D eigenvalue weighted by Gasteiger charge is 2.40. The minimum absolute atomic E-state index is 0.0157. The van der Waals surface area contributed by atoms with E-state index in [1.807, 2.05) is 66.7 Å². The lowest BCUT2D eigenvalue weighted by molar-refractivity contribution is -0.116. The summed E-state index contributed by atoms with van der Waals surface area (Å²) in [5.74, 6) is -0.959. The first-order valence-electron chi connectivity index (χ1n) is 15.6. The molecule has 0 heterocycles. The van der Waals surface area contributed by atoms with Gasteiger partial charge in [-0.15, -0.1) is 0 Å². The predicted molar refractivity (Wildman–Crippen MR) is 189 cm³/mol. The number of nitrogens with one attached hydrogen (secondary N) is 1. The fraction of sp³-hybridized carbons (Fsp3) is 0.316. The van der Waals surface area contributed by atoms with Crippen LogP contribution in [0.1, 0.15) is 67.6 Å². The van der Waals surface area contributed by atoms with Crippen LogP contribution in [0.5, 0.6) is 5.75 Å². The number of anilines is 1. The zero-order valence-electron chi connectivity index (χ0n) is 27.2. The molecule has 4 aromatic carbocycles. The summed E-state index contributed by atoms with van der Waals surface area (Å²) in [6.45, 7) is 11.2. The van der Waals surface area contributed by atoms with Gasteiger partial charge in [-0.3, -0.25) is 9.59 Å². The SMILES string of the molecule is CC(C)(C)[Si](C)(C)OC(CCC(CC(=O)Nc1ccccc1)C(=O)c1ccc(Br)cc1OCc1ccccc1)c1ccc(F)cc1. The highest BCUT2D eigenvalue weighted by Crippen LogP contribution is 2.41. The number of ketones is 1. The number of halogens is 2. The molecule has 1 N–H and O–H groups in total. The Morgan fingerprint density at radius 3 is 2.13 bits per heavy atom. The molecule has 5 nitrogen and oxygen atoms in total. The highest BCUT2D eigenvalue weighted by molar-refractivity contribution is 9.10. The predicted octanol–water partition coefficient (Wildman–Crippen LogP) is 10.5. The van der Waals surface area contributed by atoms with Crippen molar-refractivity contribution in [3.8, 4) is 5.75 Å². The number of hydrogen-bond acceptors (Lipinski definition) is 4. The second-order valence-corrected chi connectivity index (χ2v) is 18.8. The molecule has 46 heavy (non-hydrogen) atoms. The summed E-state index contributed by atoms with van der Waals surface area (Å²) in [5, 5.41) is 2.88. The Balaban J connectivity index is 1.63. The van der Waals surface area contributed by atoms with Crippen molar-refractivity contribution in [2.24, 2.45) is 5.92 Å². The van der Waals surface area contributed by atoms with Gasteiger partial charge < -0.3 is 14.5 Å². The Labute approximate surface area is 281 Å². The second-order valence-electron chi connectivity index (χ2n) is 13.1. The molecule has 0 aliphatic rings. The average molecular weight is 705 g/mol. The van der Waals surface area contributed by atoms with Gasteiger partial charge in [0.1, 0.15) is 18.2 Å². The molecule has 0 radical (unpaired) electrons. The number of Topliss-reactive ketones (excluding diaryl/α,β-unsaturated/α-hetero) is 1. The first kappa shape index (κ1) is 35.3. The normalized spacial score (nSPS) is 13.1. The fourth-order valence-corrected chi connectivity index (χ4v) is 6.57. The first-order chi connectivity index (χ1) is 21.8. The smallest absolute Gasteiger partial charge is 0.225 e. The monoisotopic (exact) mass is 703 g/mol. The third-order valence-corrected chi connectivity index (χ3v) is 13.5. The average Bonchev–Trinajstić information content (AvgIpc) is 3.02. The van der Waals surface area contributed by atoms with Crippen LogP contribution in [0.25, 0.3) is 0 Å². The zero-order chi connectivity index (χ0) is 33.3. The largest absolute Gasteiger partial charge is 0.488 e. The van der Waals surface area contributed by atoms with E-state index in [0.717, 1.165) is 15.6 Å². The molecule has 4 aromatic rings. The topological polar surface area (TPSA) is 64.6 Å². The molecule has 8 heteroatoms. The molecule has 2 atom stereocenters. The van der Waals surface area contributed by atoms with Crippen LogP contribution >= 0.6 is 15.9 Å². The molecule has 0 aliphatic carbocycles. The minimum Gasteiger partial charge on any atom is -0.488 e. The standard InChI is InChI=1S/C38H43BrFNO4Si/c1-38(2,3)46(4,5)45-34(28-16-20-31(40)21-17-28)23-18-29(24-36(42)41-32-14-10-7-11-15-32)37(43)33-22-19-30(39)25-35(33)44-26-27-12-8-6-9-13-27/h6-17,19-22,25,29,34H,18,23-24,26H2,1-5H3,(H,41,42). The van der Waals surface area contributed by atoms with Crippen LogP contribution in [0.3, 0.4) is 0 Å². The Kier molecular flexibility index (Phi) is 12.1. The number of carbonyl (C=O) groups is 2. The Morgan fingerprint density at radius 2 is 1.50 bits per heavy atom. The Morgan fingerprint density at radius 1 is 0.870 bits per heavy atom. The van der Waals surface area contributed by atoms with Crippen LogP contribution in [0.2, 0.25) is 18.1 Å². The lowest BCUT2D eigenvalue weighted by Crippen LogP contribution is -2.42. The van der Waals surface area contributed by atoms with E-state index in [1.165, 1.54) is 12.1 Å². The molecular weight excluding hydrogens is 661 g/mol. The quantitative estimate of drug-likeness (QED) is 0.105. The fourth-order valence-electron chi connectivity index (χ4n) is 4.91. The molecule has 242 valence electrons. The lowest BCUT2D eigenvalue weighted by atomic mass is 9.88. The first-order valence-corrected chi connectivity index (χ1v) is 19.3. The van der Waals surface area contributed by atoms with E-state index in [4.69, 9.17) is 9.16 Å². The summed E-state index contributed by atoms with van der Waals surface area (Å²) in [6.07, 6.45) is 0.473. The van der Waals surface area contributed by atoms with Crippen LogP contribution < -0.4 is 10.1 Å². The maximum Gasteiger partial charge on any atom is 0.225 e. The van der Waals surface area contributed by atoms with Gasteiger partial charge in [-0.05, 0) is 84.6 Å². The van der Waals surface area contributed by atoms with Crippen molar-refractivity contribution < 1.29 is 23.1 Å². The van der Waals surface area contributed by atoms with Crippen molar-refractivity contribution in [1.29, 1.82) is 0 Å². The summed E-state index contributed by atoms with van der Waals surface area (Å²) >= 11 is 3.52. The lowest BCUT2D eigenvalue weighted by Gasteiger charge is -2.39. The third kappa shape index (κ3) is 9.95. The number of ether oxygens (including phenoxy) is 1. The Hall–Kier alpha value is -3.59. The van der Waals surface area contributed by atoms with Crippen molar-refractivity contribution in [1.82, 2.24) is 0 Å². The molecule has 0 aliphatic heterocycles. The third-order valence-electron chi connectivity index (χ3n) is 8.57. The molecule has 0 aromatic heterocycles. The maximum absolute atomic E-state index is 14.4. The second kappa shape index (κ2) is 15.8. The molecule has 4 rings (SSSR count). The molecule has 0 saturated heterocycles. The van der Waals surface area contributed by atoms with Crippen molar-refractivity contribution >= 4 is 41.6 Å². The van der Waals surface area contributed by atoms with Crippen LogP contribution in [0.4, 0.5) is 10.1 Å². The van der Waals surface area contributed by atoms with Gasteiger partial charge in [0.25, 0.3) is 0 Å². The van der Waals surface area contributed by atoms with Gasteiger partial charge in [-0.25, -0.2) is 4.39 Å². The summed E-state index contributed by atoms with van der Waals surface area (Å²) in [5.41, 5.74) is 2.91. The van der Waals surface area contributed by atoms with Gasteiger partial charge in [0.2, 0.25) is 5.91 Å². The van der Waals surface area contributed by atoms with Gasteiger partial charge in [0.05, 0.1) is 11.7 Å². The van der Waals surface area contributed by atoms with Crippen LogP contribution in [-0.2, 0) is 15.8 Å².